The summed E-state index contributed by atoms with van der Waals surface area (Å²) in [4.78, 5) is 0.230. The summed E-state index contributed by atoms with van der Waals surface area (Å²) in [7, 11) is -3.79. The summed E-state index contributed by atoms with van der Waals surface area (Å²) in [6, 6.07) is 23.0. The van der Waals surface area contributed by atoms with Crippen molar-refractivity contribution in [1.29, 1.82) is 0 Å². The van der Waals surface area contributed by atoms with Crippen LogP contribution in [-0.4, -0.2) is 12.4 Å². The van der Waals surface area contributed by atoms with Crippen LogP contribution in [0.15, 0.2) is 88.2 Å². The van der Waals surface area contributed by atoms with Gasteiger partial charge in [0.1, 0.15) is 0 Å². The lowest BCUT2D eigenvalue weighted by Gasteiger charge is -2.13. The van der Waals surface area contributed by atoms with Gasteiger partial charge in [-0.15, -0.1) is 0 Å². The molecule has 3 aromatic carbocycles. The van der Waals surface area contributed by atoms with E-state index in [1.165, 1.54) is 3.97 Å². The fraction of sp³-hybridized carbons (Fsp3) is 0. The van der Waals surface area contributed by atoms with Crippen LogP contribution >= 0.6 is 27.5 Å². The summed E-state index contributed by atoms with van der Waals surface area (Å²) in [5.41, 5.74) is 1.81. The molecule has 0 N–H and O–H groups in total. The first-order chi connectivity index (χ1) is 12.5. The molecule has 130 valence electrons. The Balaban J connectivity index is 2.11. The van der Waals surface area contributed by atoms with Gasteiger partial charge in [-0.2, -0.15) is 0 Å². The van der Waals surface area contributed by atoms with Gasteiger partial charge in [-0.3, -0.25) is 0 Å². The highest BCUT2D eigenvalue weighted by atomic mass is 79.9. The fourth-order valence-electron chi connectivity index (χ4n) is 2.97. The van der Waals surface area contributed by atoms with E-state index in [4.69, 9.17) is 11.6 Å². The predicted octanol–water partition coefficient (Wildman–Crippen LogP) is 5.96. The Bertz CT molecular complexity index is 1220. The highest BCUT2D eigenvalue weighted by Crippen LogP contribution is 2.36. The second kappa shape index (κ2) is 6.58. The van der Waals surface area contributed by atoms with Crippen molar-refractivity contribution in [2.75, 3.05) is 0 Å². The van der Waals surface area contributed by atoms with E-state index in [9.17, 15) is 8.42 Å². The zero-order valence-electron chi connectivity index (χ0n) is 13.4. The molecule has 26 heavy (non-hydrogen) atoms. The number of fused-ring (bicyclic) bond motifs is 1. The number of rotatable bonds is 3. The third-order valence-electron chi connectivity index (χ3n) is 4.15. The van der Waals surface area contributed by atoms with Gasteiger partial charge >= 0.3 is 0 Å². The van der Waals surface area contributed by atoms with Gasteiger partial charge in [-0.05, 0) is 42.5 Å². The van der Waals surface area contributed by atoms with E-state index in [2.05, 4.69) is 15.9 Å². The molecule has 0 unspecified atom stereocenters. The zero-order chi connectivity index (χ0) is 18.3. The van der Waals surface area contributed by atoms with Crippen molar-refractivity contribution >= 4 is 48.5 Å². The third kappa shape index (κ3) is 2.86. The van der Waals surface area contributed by atoms with Crippen LogP contribution in [0.25, 0.3) is 22.2 Å². The van der Waals surface area contributed by atoms with Gasteiger partial charge in [0.15, 0.2) is 0 Å². The minimum absolute atomic E-state index is 0.230. The van der Waals surface area contributed by atoms with Gasteiger partial charge in [0.2, 0.25) is 0 Å². The molecule has 0 bridgehead atoms. The predicted molar refractivity (Wildman–Crippen MR) is 109 cm³/mol. The molecule has 0 radical (unpaired) electrons. The summed E-state index contributed by atoms with van der Waals surface area (Å²) in [5, 5.41) is 1.31. The van der Waals surface area contributed by atoms with E-state index in [1.807, 2.05) is 36.4 Å². The molecular formula is C20H13BrClNO2S. The molecule has 4 aromatic rings. The topological polar surface area (TPSA) is 39.1 Å². The summed E-state index contributed by atoms with van der Waals surface area (Å²) in [6.07, 6.45) is 0. The van der Waals surface area contributed by atoms with Crippen LogP contribution in [0.2, 0.25) is 5.02 Å². The number of benzene rings is 3. The Kier molecular flexibility index (Phi) is 4.39. The Morgan fingerprint density at radius 2 is 1.54 bits per heavy atom. The maximum absolute atomic E-state index is 13.4. The van der Waals surface area contributed by atoms with Crippen molar-refractivity contribution < 1.29 is 8.42 Å². The summed E-state index contributed by atoms with van der Waals surface area (Å²) in [5.74, 6) is 0. The number of nitrogens with zero attached hydrogens (tertiary/aromatic N) is 1. The van der Waals surface area contributed by atoms with Gasteiger partial charge in [-0.25, -0.2) is 12.4 Å². The average Bonchev–Trinajstić information content (AvgIpc) is 3.01. The van der Waals surface area contributed by atoms with E-state index in [0.717, 1.165) is 9.86 Å². The molecule has 0 saturated heterocycles. The molecule has 4 rings (SSSR count). The van der Waals surface area contributed by atoms with Crippen molar-refractivity contribution in [2.45, 2.75) is 4.90 Å². The van der Waals surface area contributed by atoms with E-state index < -0.39 is 10.0 Å². The Labute approximate surface area is 165 Å². The minimum atomic E-state index is -3.79. The maximum Gasteiger partial charge on any atom is 0.268 e. The first-order valence-electron chi connectivity index (χ1n) is 7.85. The van der Waals surface area contributed by atoms with E-state index in [-0.39, 0.29) is 4.90 Å². The van der Waals surface area contributed by atoms with Crippen LogP contribution in [0.3, 0.4) is 0 Å². The lowest BCUT2D eigenvalue weighted by atomic mass is 10.1. The molecule has 0 amide bonds. The monoisotopic (exact) mass is 445 g/mol. The van der Waals surface area contributed by atoms with E-state index >= 15 is 0 Å². The molecule has 0 aliphatic carbocycles. The molecule has 0 saturated carbocycles. The number of halogens is 2. The quantitative estimate of drug-likeness (QED) is 0.389. The van der Waals surface area contributed by atoms with Crippen LogP contribution in [-0.2, 0) is 10.0 Å². The largest absolute Gasteiger partial charge is 0.268 e. The van der Waals surface area contributed by atoms with Crippen molar-refractivity contribution in [3.8, 4) is 11.3 Å². The van der Waals surface area contributed by atoms with Crippen LogP contribution < -0.4 is 0 Å². The minimum Gasteiger partial charge on any atom is -0.233 e. The molecule has 3 nitrogen and oxygen atoms in total. The smallest absolute Gasteiger partial charge is 0.233 e. The van der Waals surface area contributed by atoms with Crippen LogP contribution in [0, 0.1) is 0 Å². The van der Waals surface area contributed by atoms with Crippen molar-refractivity contribution in [3.05, 3.63) is 88.4 Å². The fourth-order valence-corrected chi connectivity index (χ4v) is 5.13. The first kappa shape index (κ1) is 17.3. The highest BCUT2D eigenvalue weighted by molar-refractivity contribution is 9.10. The third-order valence-corrected chi connectivity index (χ3v) is 6.72. The number of hydrogen-bond donors (Lipinski definition) is 0. The number of aromatic nitrogens is 1. The molecular weight excluding hydrogens is 434 g/mol. The molecule has 1 aromatic heterocycles. The van der Waals surface area contributed by atoms with Gasteiger partial charge in [0.25, 0.3) is 10.0 Å². The molecule has 0 fully saturated rings. The summed E-state index contributed by atoms with van der Waals surface area (Å²) < 4.78 is 29.1. The van der Waals surface area contributed by atoms with Gasteiger partial charge < -0.3 is 0 Å². The van der Waals surface area contributed by atoms with Crippen molar-refractivity contribution in [3.63, 3.8) is 0 Å². The molecule has 0 atom stereocenters. The van der Waals surface area contributed by atoms with Crippen molar-refractivity contribution in [1.82, 2.24) is 3.97 Å². The SMILES string of the molecule is O=S(=O)(c1ccccc1)n1c(-c2ccccc2Cl)cc2cc(Br)ccc21. The first-order valence-corrected chi connectivity index (χ1v) is 10.5. The van der Waals surface area contributed by atoms with Crippen LogP contribution in [0.1, 0.15) is 0 Å². The summed E-state index contributed by atoms with van der Waals surface area (Å²) in [6.45, 7) is 0. The Morgan fingerprint density at radius 1 is 0.846 bits per heavy atom. The second-order valence-corrected chi connectivity index (χ2v) is 8.90. The molecule has 0 spiro atoms. The van der Waals surface area contributed by atoms with Crippen LogP contribution in [0.5, 0.6) is 0 Å². The summed E-state index contributed by atoms with van der Waals surface area (Å²) >= 11 is 9.82. The Hall–Kier alpha value is -2.08. The van der Waals surface area contributed by atoms with Gasteiger partial charge in [-0.1, -0.05) is 63.9 Å². The van der Waals surface area contributed by atoms with Gasteiger partial charge in [0, 0.05) is 20.4 Å². The number of hydrogen-bond acceptors (Lipinski definition) is 2. The lowest BCUT2D eigenvalue weighted by molar-refractivity contribution is 0.589. The normalized spacial score (nSPS) is 11.8. The van der Waals surface area contributed by atoms with E-state index in [1.54, 1.807) is 42.5 Å². The van der Waals surface area contributed by atoms with Gasteiger partial charge in [0.05, 0.1) is 16.1 Å². The average molecular weight is 447 g/mol. The Morgan fingerprint density at radius 3 is 2.27 bits per heavy atom. The van der Waals surface area contributed by atoms with Crippen LogP contribution in [0.4, 0.5) is 0 Å². The lowest BCUT2D eigenvalue weighted by Crippen LogP contribution is -2.14. The molecule has 1 heterocycles. The maximum atomic E-state index is 13.4. The second-order valence-electron chi connectivity index (χ2n) is 5.80. The molecule has 0 aliphatic rings. The standard InChI is InChI=1S/C20H13BrClNO2S/c21-15-10-11-19-14(12-15)13-20(17-8-4-5-9-18(17)22)23(19)26(24,25)16-6-2-1-3-7-16/h1-13H. The van der Waals surface area contributed by atoms with Crippen molar-refractivity contribution in [2.24, 2.45) is 0 Å². The molecule has 6 heteroatoms. The van der Waals surface area contributed by atoms with E-state index in [0.29, 0.717) is 21.8 Å². The highest BCUT2D eigenvalue weighted by Gasteiger charge is 2.24. The zero-order valence-corrected chi connectivity index (χ0v) is 16.6. The molecule has 0 aliphatic heterocycles.